The summed E-state index contributed by atoms with van der Waals surface area (Å²) >= 11 is 3.48. The first-order chi connectivity index (χ1) is 8.34. The van der Waals surface area contributed by atoms with Gasteiger partial charge in [-0.25, -0.2) is 0 Å². The van der Waals surface area contributed by atoms with E-state index in [-0.39, 0.29) is 0 Å². The number of aromatic nitrogens is 3. The van der Waals surface area contributed by atoms with E-state index in [0.29, 0.717) is 0 Å². The van der Waals surface area contributed by atoms with Gasteiger partial charge in [-0.2, -0.15) is 5.10 Å². The number of halogens is 1. The number of nitrogens with zero attached hydrogens (tertiary/aromatic N) is 3. The van der Waals surface area contributed by atoms with E-state index in [2.05, 4.69) is 38.1 Å². The van der Waals surface area contributed by atoms with Crippen molar-refractivity contribution >= 4 is 26.8 Å². The Bertz CT molecular complexity index is 646. The summed E-state index contributed by atoms with van der Waals surface area (Å²) in [5.74, 6) is 0. The number of rotatable bonds is 2. The van der Waals surface area contributed by atoms with Gasteiger partial charge in [-0.3, -0.25) is 9.67 Å². The lowest BCUT2D eigenvalue weighted by Crippen LogP contribution is -2.01. The molecular formula is C13H10BrN3. The van der Waals surface area contributed by atoms with Crippen molar-refractivity contribution < 1.29 is 0 Å². The van der Waals surface area contributed by atoms with Crippen LogP contribution in [0.2, 0.25) is 0 Å². The van der Waals surface area contributed by atoms with Crippen molar-refractivity contribution in [3.05, 3.63) is 59.0 Å². The molecule has 0 atom stereocenters. The van der Waals surface area contributed by atoms with Crippen molar-refractivity contribution in [1.82, 2.24) is 14.8 Å². The second-order valence-corrected chi connectivity index (χ2v) is 4.70. The van der Waals surface area contributed by atoms with Crippen molar-refractivity contribution in [2.75, 3.05) is 0 Å². The summed E-state index contributed by atoms with van der Waals surface area (Å²) in [4.78, 5) is 4.18. The Hall–Kier alpha value is -1.68. The van der Waals surface area contributed by atoms with E-state index in [0.717, 1.165) is 21.9 Å². The van der Waals surface area contributed by atoms with Crippen LogP contribution in [0.3, 0.4) is 0 Å². The van der Waals surface area contributed by atoms with Gasteiger partial charge in [0.15, 0.2) is 0 Å². The molecule has 0 spiro atoms. The molecule has 0 unspecified atom stereocenters. The van der Waals surface area contributed by atoms with Gasteiger partial charge in [0.05, 0.1) is 24.5 Å². The molecule has 3 rings (SSSR count). The van der Waals surface area contributed by atoms with Gasteiger partial charge in [-0.05, 0) is 21.5 Å². The molecule has 0 fully saturated rings. The Kier molecular flexibility index (Phi) is 2.65. The van der Waals surface area contributed by atoms with Gasteiger partial charge in [-0.15, -0.1) is 0 Å². The molecule has 84 valence electrons. The highest BCUT2D eigenvalue weighted by molar-refractivity contribution is 9.10. The summed E-state index contributed by atoms with van der Waals surface area (Å²) < 4.78 is 2.94. The molecule has 0 radical (unpaired) electrons. The highest BCUT2D eigenvalue weighted by atomic mass is 79.9. The molecular weight excluding hydrogens is 278 g/mol. The van der Waals surface area contributed by atoms with Crippen LogP contribution in [0.1, 0.15) is 5.56 Å². The van der Waals surface area contributed by atoms with Crippen molar-refractivity contribution in [2.45, 2.75) is 6.54 Å². The summed E-state index contributed by atoms with van der Waals surface area (Å²) in [5, 5.41) is 5.49. The van der Waals surface area contributed by atoms with Gasteiger partial charge in [-0.1, -0.05) is 30.3 Å². The molecule has 3 nitrogen and oxygen atoms in total. The van der Waals surface area contributed by atoms with Gasteiger partial charge in [0.2, 0.25) is 0 Å². The normalized spacial score (nSPS) is 10.9. The maximum absolute atomic E-state index is 4.40. The molecule has 0 amide bonds. The first-order valence-corrected chi connectivity index (χ1v) is 6.13. The van der Waals surface area contributed by atoms with Crippen LogP contribution in [0.15, 0.2) is 53.4 Å². The maximum Gasteiger partial charge on any atom is 0.0880 e. The predicted molar refractivity (Wildman–Crippen MR) is 70.8 cm³/mol. The van der Waals surface area contributed by atoms with Crippen LogP contribution in [0.5, 0.6) is 0 Å². The highest BCUT2D eigenvalue weighted by Crippen LogP contribution is 2.22. The van der Waals surface area contributed by atoms with Crippen molar-refractivity contribution in [1.29, 1.82) is 0 Å². The molecule has 0 bridgehead atoms. The van der Waals surface area contributed by atoms with Crippen LogP contribution >= 0.6 is 15.9 Å². The Morgan fingerprint density at radius 3 is 2.71 bits per heavy atom. The fourth-order valence-electron chi connectivity index (χ4n) is 1.84. The fraction of sp³-hybridized carbons (Fsp3) is 0.0769. The van der Waals surface area contributed by atoms with Gasteiger partial charge < -0.3 is 0 Å². The molecule has 0 saturated carbocycles. The van der Waals surface area contributed by atoms with Gasteiger partial charge in [0.1, 0.15) is 0 Å². The molecule has 0 aliphatic rings. The lowest BCUT2D eigenvalue weighted by atomic mass is 10.2. The van der Waals surface area contributed by atoms with E-state index in [1.165, 1.54) is 5.56 Å². The quantitative estimate of drug-likeness (QED) is 0.724. The fourth-order valence-corrected chi connectivity index (χ4v) is 2.26. The zero-order valence-corrected chi connectivity index (χ0v) is 10.6. The SMILES string of the molecule is Brc1cncc2c1cnn2Cc1ccccc1. The summed E-state index contributed by atoms with van der Waals surface area (Å²) in [7, 11) is 0. The van der Waals surface area contributed by atoms with E-state index < -0.39 is 0 Å². The van der Waals surface area contributed by atoms with Crippen molar-refractivity contribution in [2.24, 2.45) is 0 Å². The van der Waals surface area contributed by atoms with E-state index >= 15 is 0 Å². The smallest absolute Gasteiger partial charge is 0.0880 e. The maximum atomic E-state index is 4.40. The summed E-state index contributed by atoms with van der Waals surface area (Å²) in [6.07, 6.45) is 5.50. The Labute approximate surface area is 107 Å². The first kappa shape index (κ1) is 10.5. The number of hydrogen-bond acceptors (Lipinski definition) is 2. The van der Waals surface area contributed by atoms with Crippen LogP contribution in [-0.2, 0) is 6.54 Å². The molecule has 2 aromatic heterocycles. The molecule has 0 N–H and O–H groups in total. The number of pyridine rings is 1. The largest absolute Gasteiger partial charge is 0.261 e. The summed E-state index contributed by atoms with van der Waals surface area (Å²) in [6.45, 7) is 0.766. The van der Waals surface area contributed by atoms with Crippen LogP contribution in [0.4, 0.5) is 0 Å². The number of fused-ring (bicyclic) bond motifs is 1. The van der Waals surface area contributed by atoms with Crippen LogP contribution in [0.25, 0.3) is 10.9 Å². The first-order valence-electron chi connectivity index (χ1n) is 5.33. The second kappa shape index (κ2) is 4.30. The van der Waals surface area contributed by atoms with Gasteiger partial charge >= 0.3 is 0 Å². The van der Waals surface area contributed by atoms with Gasteiger partial charge in [0, 0.05) is 16.1 Å². The molecule has 17 heavy (non-hydrogen) atoms. The van der Waals surface area contributed by atoms with Crippen LogP contribution in [0, 0.1) is 0 Å². The number of hydrogen-bond donors (Lipinski definition) is 0. The lowest BCUT2D eigenvalue weighted by molar-refractivity contribution is 0.711. The Morgan fingerprint density at radius 2 is 1.88 bits per heavy atom. The highest BCUT2D eigenvalue weighted by Gasteiger charge is 2.05. The topological polar surface area (TPSA) is 30.7 Å². The zero-order chi connectivity index (χ0) is 11.7. The Morgan fingerprint density at radius 1 is 1.06 bits per heavy atom. The molecule has 0 saturated heterocycles. The van der Waals surface area contributed by atoms with Crippen molar-refractivity contribution in [3.63, 3.8) is 0 Å². The summed E-state index contributed by atoms with van der Waals surface area (Å²) in [6, 6.07) is 10.3. The monoisotopic (exact) mass is 287 g/mol. The van der Waals surface area contributed by atoms with Crippen molar-refractivity contribution in [3.8, 4) is 0 Å². The Balaban J connectivity index is 2.05. The third-order valence-corrected chi connectivity index (χ3v) is 3.33. The van der Waals surface area contributed by atoms with E-state index in [1.807, 2.05) is 35.3 Å². The average molecular weight is 288 g/mol. The van der Waals surface area contributed by atoms with E-state index in [1.54, 1.807) is 6.20 Å². The molecule has 2 heterocycles. The number of benzene rings is 1. The molecule has 0 aliphatic heterocycles. The van der Waals surface area contributed by atoms with Gasteiger partial charge in [0.25, 0.3) is 0 Å². The predicted octanol–water partition coefficient (Wildman–Crippen LogP) is 3.24. The molecule has 0 aliphatic carbocycles. The molecule has 3 aromatic rings. The molecule has 1 aromatic carbocycles. The summed E-state index contributed by atoms with van der Waals surface area (Å²) in [5.41, 5.74) is 2.28. The minimum atomic E-state index is 0.766. The van der Waals surface area contributed by atoms with E-state index in [9.17, 15) is 0 Å². The van der Waals surface area contributed by atoms with Crippen LogP contribution in [-0.4, -0.2) is 14.8 Å². The minimum absolute atomic E-state index is 0.766. The zero-order valence-electron chi connectivity index (χ0n) is 9.05. The third kappa shape index (κ3) is 1.96. The second-order valence-electron chi connectivity index (χ2n) is 3.84. The third-order valence-electron chi connectivity index (χ3n) is 2.70. The van der Waals surface area contributed by atoms with Crippen LogP contribution < -0.4 is 0 Å². The lowest BCUT2D eigenvalue weighted by Gasteiger charge is -2.03. The average Bonchev–Trinajstić information content (AvgIpc) is 2.76. The molecule has 4 heteroatoms. The minimum Gasteiger partial charge on any atom is -0.261 e. The standard InChI is InChI=1S/C13H10BrN3/c14-12-7-15-8-13-11(12)6-16-17(13)9-10-4-2-1-3-5-10/h1-8H,9H2. The van der Waals surface area contributed by atoms with E-state index in [4.69, 9.17) is 0 Å².